The predicted molar refractivity (Wildman–Crippen MR) is 92.3 cm³/mol. The van der Waals surface area contributed by atoms with Gasteiger partial charge in [0.1, 0.15) is 6.04 Å². The van der Waals surface area contributed by atoms with E-state index in [2.05, 4.69) is 15.6 Å². The topological polar surface area (TPSA) is 80.1 Å². The summed E-state index contributed by atoms with van der Waals surface area (Å²) in [5.74, 6) is -0.455. The molecule has 1 fully saturated rings. The van der Waals surface area contributed by atoms with Gasteiger partial charge in [-0.25, -0.2) is 9.58 Å². The van der Waals surface area contributed by atoms with Crippen LogP contribution in [-0.2, 0) is 9.59 Å². The van der Waals surface area contributed by atoms with Gasteiger partial charge in [0.2, 0.25) is 5.91 Å². The normalized spacial score (nSPS) is 17.1. The summed E-state index contributed by atoms with van der Waals surface area (Å²) in [5.41, 5.74) is 2.16. The Morgan fingerprint density at radius 3 is 2.56 bits per heavy atom. The molecule has 2 heterocycles. The molecule has 1 atom stereocenters. The van der Waals surface area contributed by atoms with Crippen molar-refractivity contribution in [1.82, 2.24) is 15.0 Å². The van der Waals surface area contributed by atoms with Gasteiger partial charge < -0.3 is 5.32 Å². The van der Waals surface area contributed by atoms with E-state index < -0.39 is 6.04 Å². The Bertz CT molecular complexity index is 908. The molecule has 3 aromatic rings. The second-order valence-electron chi connectivity index (χ2n) is 5.70. The minimum atomic E-state index is -0.585. The number of carbonyl (C=O) groups excluding carboxylic acids is 2. The Kier molecular flexibility index (Phi) is 3.74. The second kappa shape index (κ2) is 6.20. The molecule has 0 radical (unpaired) electrons. The van der Waals surface area contributed by atoms with Gasteiger partial charge in [-0.2, -0.15) is 0 Å². The molecule has 0 saturated carbocycles. The van der Waals surface area contributed by atoms with Crippen LogP contribution in [0.3, 0.4) is 0 Å². The van der Waals surface area contributed by atoms with Crippen LogP contribution in [0.1, 0.15) is 6.42 Å². The number of amides is 2. The number of hydrogen-bond acceptors (Lipinski definition) is 5. The highest BCUT2D eigenvalue weighted by molar-refractivity contribution is 6.23. The molecular weight excluding hydrogens is 318 g/mol. The first-order valence-corrected chi connectivity index (χ1v) is 7.87. The van der Waals surface area contributed by atoms with Crippen LogP contribution in [0.4, 0.5) is 11.4 Å². The van der Waals surface area contributed by atoms with E-state index in [0.29, 0.717) is 5.69 Å². The molecule has 1 aromatic heterocycles. The van der Waals surface area contributed by atoms with E-state index in [1.165, 1.54) is 4.90 Å². The minimum Gasteiger partial charge on any atom is -0.373 e. The monoisotopic (exact) mass is 333 g/mol. The number of imide groups is 1. The second-order valence-corrected chi connectivity index (χ2v) is 5.70. The fourth-order valence-electron chi connectivity index (χ4n) is 2.88. The van der Waals surface area contributed by atoms with Gasteiger partial charge in [0.25, 0.3) is 5.91 Å². The molecule has 7 nitrogen and oxygen atoms in total. The summed E-state index contributed by atoms with van der Waals surface area (Å²) < 4.78 is 1.63. The molecule has 2 amide bonds. The highest BCUT2D eigenvalue weighted by Gasteiger charge is 2.39. The van der Waals surface area contributed by atoms with E-state index in [-0.39, 0.29) is 18.2 Å². The fraction of sp³-hybridized carbons (Fsp3) is 0.111. The van der Waals surface area contributed by atoms with Gasteiger partial charge in [0.15, 0.2) is 0 Å². The van der Waals surface area contributed by atoms with Crippen LogP contribution in [0.15, 0.2) is 67.0 Å². The number of rotatable bonds is 4. The number of nitrogens with zero attached hydrogens (tertiary/aromatic N) is 4. The summed E-state index contributed by atoms with van der Waals surface area (Å²) in [7, 11) is 0. The molecule has 4 rings (SSSR count). The van der Waals surface area contributed by atoms with E-state index in [0.717, 1.165) is 11.4 Å². The number of hydrogen-bond donors (Lipinski definition) is 1. The lowest BCUT2D eigenvalue weighted by Gasteiger charge is -2.16. The van der Waals surface area contributed by atoms with E-state index in [9.17, 15) is 9.59 Å². The van der Waals surface area contributed by atoms with Gasteiger partial charge >= 0.3 is 0 Å². The zero-order valence-corrected chi connectivity index (χ0v) is 13.2. The average molecular weight is 333 g/mol. The Morgan fingerprint density at radius 2 is 1.80 bits per heavy atom. The lowest BCUT2D eigenvalue weighted by molar-refractivity contribution is -0.121. The molecule has 1 aliphatic heterocycles. The van der Waals surface area contributed by atoms with E-state index in [1.807, 2.05) is 30.3 Å². The highest BCUT2D eigenvalue weighted by atomic mass is 16.2. The van der Waals surface area contributed by atoms with Crippen molar-refractivity contribution < 1.29 is 9.59 Å². The Hall–Kier alpha value is -3.48. The van der Waals surface area contributed by atoms with Crippen LogP contribution in [0.5, 0.6) is 0 Å². The number of carbonyl (C=O) groups is 2. The largest absolute Gasteiger partial charge is 0.373 e. The maximum Gasteiger partial charge on any atom is 0.256 e. The quantitative estimate of drug-likeness (QED) is 0.739. The van der Waals surface area contributed by atoms with E-state index in [1.54, 1.807) is 41.3 Å². The van der Waals surface area contributed by atoms with E-state index >= 15 is 0 Å². The van der Waals surface area contributed by atoms with Crippen LogP contribution < -0.4 is 10.2 Å². The number of aromatic nitrogens is 3. The smallest absolute Gasteiger partial charge is 0.256 e. The van der Waals surface area contributed by atoms with Crippen LogP contribution in [0.2, 0.25) is 0 Å². The lowest BCUT2D eigenvalue weighted by atomic mass is 10.2. The zero-order chi connectivity index (χ0) is 17.2. The molecule has 124 valence electrons. The summed E-state index contributed by atoms with van der Waals surface area (Å²) in [6.07, 6.45) is 3.46. The van der Waals surface area contributed by atoms with Crippen molar-refractivity contribution in [1.29, 1.82) is 0 Å². The fourth-order valence-corrected chi connectivity index (χ4v) is 2.88. The standard InChI is InChI=1S/C18H15N5O2/c24-17-12-16(18(25)23(17)14-6-2-1-3-7-14)20-13-5-4-8-15(11-13)22-10-9-19-21-22/h1-11,16,20H,12H2. The van der Waals surface area contributed by atoms with Crippen molar-refractivity contribution in [3.8, 4) is 5.69 Å². The number of benzene rings is 2. The molecule has 0 spiro atoms. The van der Waals surface area contributed by atoms with Crippen LogP contribution >= 0.6 is 0 Å². The number of anilines is 2. The zero-order valence-electron chi connectivity index (χ0n) is 13.2. The van der Waals surface area contributed by atoms with Crippen molar-refractivity contribution in [3.05, 3.63) is 67.0 Å². The van der Waals surface area contributed by atoms with Crippen molar-refractivity contribution in [2.75, 3.05) is 10.2 Å². The molecule has 2 aromatic carbocycles. The van der Waals surface area contributed by atoms with Gasteiger partial charge in [0, 0.05) is 5.69 Å². The van der Waals surface area contributed by atoms with Gasteiger partial charge in [-0.15, -0.1) is 5.10 Å². The maximum absolute atomic E-state index is 12.6. The summed E-state index contributed by atoms with van der Waals surface area (Å²) in [4.78, 5) is 26.2. The predicted octanol–water partition coefficient (Wildman–Crippen LogP) is 2.01. The van der Waals surface area contributed by atoms with Gasteiger partial charge in [-0.05, 0) is 30.3 Å². The third-order valence-corrected chi connectivity index (χ3v) is 4.04. The SMILES string of the molecule is O=C1CC(Nc2cccc(-n3ccnn3)c2)C(=O)N1c1ccccc1. The Morgan fingerprint density at radius 1 is 1.00 bits per heavy atom. The van der Waals surface area contributed by atoms with Crippen molar-refractivity contribution >= 4 is 23.2 Å². The molecule has 1 saturated heterocycles. The van der Waals surface area contributed by atoms with Gasteiger partial charge in [-0.3, -0.25) is 9.59 Å². The third-order valence-electron chi connectivity index (χ3n) is 4.04. The first-order chi connectivity index (χ1) is 12.2. The molecule has 7 heteroatoms. The summed E-state index contributed by atoms with van der Waals surface area (Å²) >= 11 is 0. The minimum absolute atomic E-state index is 0.126. The molecular formula is C18H15N5O2. The van der Waals surface area contributed by atoms with Gasteiger partial charge in [0.05, 0.1) is 30.2 Å². The third kappa shape index (κ3) is 2.87. The molecule has 0 aliphatic carbocycles. The molecule has 0 bridgehead atoms. The Balaban J connectivity index is 1.55. The van der Waals surface area contributed by atoms with E-state index in [4.69, 9.17) is 0 Å². The molecule has 25 heavy (non-hydrogen) atoms. The summed E-state index contributed by atoms with van der Waals surface area (Å²) in [6, 6.07) is 15.8. The Labute approximate surface area is 143 Å². The molecule has 1 N–H and O–H groups in total. The summed E-state index contributed by atoms with van der Waals surface area (Å²) in [5, 5.41) is 10.9. The van der Waals surface area contributed by atoms with Crippen molar-refractivity contribution in [3.63, 3.8) is 0 Å². The summed E-state index contributed by atoms with van der Waals surface area (Å²) in [6.45, 7) is 0. The number of nitrogens with one attached hydrogen (secondary N) is 1. The molecule has 1 unspecified atom stereocenters. The molecule has 1 aliphatic rings. The lowest BCUT2D eigenvalue weighted by Crippen LogP contribution is -2.34. The highest BCUT2D eigenvalue weighted by Crippen LogP contribution is 2.25. The van der Waals surface area contributed by atoms with Crippen molar-refractivity contribution in [2.45, 2.75) is 12.5 Å². The number of para-hydroxylation sites is 1. The average Bonchev–Trinajstić information content (AvgIpc) is 3.25. The maximum atomic E-state index is 12.6. The van der Waals surface area contributed by atoms with Gasteiger partial charge in [-0.1, -0.05) is 29.5 Å². The first-order valence-electron chi connectivity index (χ1n) is 7.87. The van der Waals surface area contributed by atoms with Crippen molar-refractivity contribution in [2.24, 2.45) is 0 Å². The van der Waals surface area contributed by atoms with Crippen LogP contribution in [0.25, 0.3) is 5.69 Å². The van der Waals surface area contributed by atoms with Crippen LogP contribution in [0, 0.1) is 0 Å². The first kappa shape index (κ1) is 15.1. The van der Waals surface area contributed by atoms with Crippen LogP contribution in [-0.4, -0.2) is 32.9 Å².